The molecule has 1 amide bonds. The van der Waals surface area contributed by atoms with E-state index in [1.54, 1.807) is 47.4 Å². The van der Waals surface area contributed by atoms with Crippen LogP contribution in [0.1, 0.15) is 72.3 Å². The van der Waals surface area contributed by atoms with E-state index >= 15 is 0 Å². The number of rotatable bonds is 12. The molecule has 402 valence electrons. The maximum Gasteiger partial charge on any atom is 0.338 e. The van der Waals surface area contributed by atoms with E-state index in [0.717, 1.165) is 5.56 Å². The van der Waals surface area contributed by atoms with Crippen LogP contribution in [-0.4, -0.2) is 129 Å². The third-order valence-corrected chi connectivity index (χ3v) is 22.6. The van der Waals surface area contributed by atoms with E-state index in [-0.39, 0.29) is 68.0 Å². The lowest BCUT2D eigenvalue weighted by atomic mass is 10.1. The third-order valence-electron chi connectivity index (χ3n) is 14.2. The minimum absolute atomic E-state index is 0.00508. The average Bonchev–Trinajstić information content (AvgIpc) is 4.21. The molecule has 9 atom stereocenters. The van der Waals surface area contributed by atoms with E-state index in [2.05, 4.69) is 53.7 Å². The summed E-state index contributed by atoms with van der Waals surface area (Å²) in [5, 5.41) is 0.374. The monoisotopic (exact) mass is 1130 g/mol. The summed E-state index contributed by atoms with van der Waals surface area (Å²) in [6, 6.07) is 17.6. The molecule has 3 saturated heterocycles. The van der Waals surface area contributed by atoms with Gasteiger partial charge in [0.05, 0.1) is 43.1 Å². The van der Waals surface area contributed by atoms with Gasteiger partial charge < -0.3 is 51.0 Å². The van der Waals surface area contributed by atoms with E-state index in [1.807, 2.05) is 29.0 Å². The Labute approximate surface area is 449 Å². The van der Waals surface area contributed by atoms with E-state index in [1.165, 1.54) is 28.1 Å². The van der Waals surface area contributed by atoms with Gasteiger partial charge in [-0.15, -0.1) is 0 Å². The molecule has 76 heavy (non-hydrogen) atoms. The van der Waals surface area contributed by atoms with Crippen LogP contribution in [0.4, 0.5) is 5.82 Å². The van der Waals surface area contributed by atoms with E-state index in [9.17, 15) is 19.3 Å². The van der Waals surface area contributed by atoms with Gasteiger partial charge in [0, 0.05) is 24.7 Å². The van der Waals surface area contributed by atoms with Crippen LogP contribution in [0.2, 0.25) is 18.1 Å². The Balaban J connectivity index is 0.971. The van der Waals surface area contributed by atoms with Crippen molar-refractivity contribution < 1.29 is 55.7 Å². The fourth-order valence-electron chi connectivity index (χ4n) is 9.37. The van der Waals surface area contributed by atoms with Crippen LogP contribution in [-0.2, 0) is 77.8 Å². The summed E-state index contributed by atoms with van der Waals surface area (Å²) in [6.45, 7) is 9.52. The summed E-state index contributed by atoms with van der Waals surface area (Å²) >= 11 is 12.0. The number of carbonyl (C=O) groups excluding carboxylic acids is 2. The highest BCUT2D eigenvalue weighted by molar-refractivity contribution is 8.07. The van der Waals surface area contributed by atoms with Gasteiger partial charge in [-0.05, 0) is 84.4 Å². The lowest BCUT2D eigenvalue weighted by molar-refractivity contribution is -0.0616. The summed E-state index contributed by atoms with van der Waals surface area (Å²) in [6.07, 6.45) is 0.518. The zero-order valence-corrected chi connectivity index (χ0v) is 46.7. The fraction of sp³-hybridized carbons (Fsp3) is 0.469. The first-order valence-electron chi connectivity index (χ1n) is 24.7. The molecule has 4 aliphatic rings. The van der Waals surface area contributed by atoms with E-state index < -0.39 is 76.3 Å². The molecule has 3 fully saturated rings. The quantitative estimate of drug-likeness (QED) is 0.0418. The zero-order chi connectivity index (χ0) is 53.6. The SMILES string of the molecule is [C-]#[N+]CCOP1(=S)OC[C@H]2O[C@@H](n3cc4c5c(ncnc53)N(C(=O)c3ccccc3)CCC4)[C@H](O[Si](C)(C)C(C)(C)C)[C@@H]2OP(O)(=S)OC[C@@H]2C[C@@H](O1)[C@H](n1cnc3c(=O)n(CCOC(=O)c4ccccc4)cnc31)O2. The van der Waals surface area contributed by atoms with Crippen molar-refractivity contribution in [2.45, 2.75) is 108 Å². The summed E-state index contributed by atoms with van der Waals surface area (Å²) in [7, 11) is -2.73. The zero-order valence-electron chi connectivity index (χ0n) is 42.3. The smallest absolute Gasteiger partial charge is 0.338 e. The molecule has 4 aliphatic heterocycles. The molecular formula is C49H57N9O13P2S2Si. The maximum atomic E-state index is 14.1. The number of imidazole rings is 1. The number of benzene rings is 2. The van der Waals surface area contributed by atoms with Crippen LogP contribution in [0.15, 0.2) is 90.6 Å². The number of aryl methyl sites for hydroxylation is 1. The number of esters is 1. The molecule has 0 spiro atoms. The Kier molecular flexibility index (Phi) is 15.8. The Morgan fingerprint density at radius 3 is 2.38 bits per heavy atom. The normalized spacial score (nSPS) is 27.2. The number of hydrogen-bond acceptors (Lipinski definition) is 18. The Morgan fingerprint density at radius 1 is 0.895 bits per heavy atom. The number of amides is 1. The highest BCUT2D eigenvalue weighted by Gasteiger charge is 2.55. The number of carbonyl (C=O) groups is 2. The minimum Gasteiger partial charge on any atom is -0.460 e. The molecule has 22 nitrogen and oxygen atoms in total. The first-order chi connectivity index (χ1) is 36.3. The van der Waals surface area contributed by atoms with E-state index in [0.29, 0.717) is 47.4 Å². The molecule has 27 heteroatoms. The van der Waals surface area contributed by atoms with Crippen LogP contribution in [0.5, 0.6) is 0 Å². The topological polar surface area (TPSA) is 228 Å². The molecule has 0 aliphatic carbocycles. The minimum atomic E-state index is -4.19. The highest BCUT2D eigenvalue weighted by Crippen LogP contribution is 2.57. The summed E-state index contributed by atoms with van der Waals surface area (Å²) < 4.78 is 63.1. The number of nitrogens with zero attached hydrogens (tertiary/aromatic N) is 9. The van der Waals surface area contributed by atoms with Gasteiger partial charge in [0.15, 0.2) is 31.9 Å². The molecule has 2 unspecified atom stereocenters. The van der Waals surface area contributed by atoms with Crippen molar-refractivity contribution in [3.8, 4) is 0 Å². The number of fused-ring (bicyclic) bond motifs is 4. The van der Waals surface area contributed by atoms with Gasteiger partial charge in [-0.3, -0.25) is 28.1 Å². The van der Waals surface area contributed by atoms with Crippen LogP contribution in [0.25, 0.3) is 27.0 Å². The second-order valence-electron chi connectivity index (χ2n) is 20.2. The molecule has 1 N–H and O–H groups in total. The average molecular weight is 1130 g/mol. The van der Waals surface area contributed by atoms with Crippen LogP contribution < -0.4 is 10.5 Å². The molecular weight excluding hydrogens is 1080 g/mol. The van der Waals surface area contributed by atoms with Crippen molar-refractivity contribution in [2.75, 3.05) is 44.4 Å². The second-order valence-corrected chi connectivity index (χ2v) is 30.7. The number of aromatic nitrogens is 7. The predicted octanol–water partition coefficient (Wildman–Crippen LogP) is 7.26. The number of anilines is 1. The molecule has 10 rings (SSSR count). The second kappa shape index (κ2) is 22.0. The molecule has 2 bridgehead atoms. The van der Waals surface area contributed by atoms with Gasteiger partial charge in [-0.1, -0.05) is 57.2 Å². The Bertz CT molecular complexity index is 3340. The Hall–Kier alpha value is -5.00. The third kappa shape index (κ3) is 11.2. The first kappa shape index (κ1) is 54.4. The number of hydrogen-bond donors (Lipinski definition) is 1. The van der Waals surface area contributed by atoms with Gasteiger partial charge in [-0.2, -0.15) is 0 Å². The lowest BCUT2D eigenvalue weighted by Crippen LogP contribution is -2.49. The van der Waals surface area contributed by atoms with E-state index in [4.69, 9.17) is 76.4 Å². The van der Waals surface area contributed by atoms with Crippen LogP contribution in [0.3, 0.4) is 0 Å². The predicted molar refractivity (Wildman–Crippen MR) is 287 cm³/mol. The molecule has 0 radical (unpaired) electrons. The molecule has 8 heterocycles. The van der Waals surface area contributed by atoms with Crippen LogP contribution >= 0.6 is 13.4 Å². The van der Waals surface area contributed by atoms with Gasteiger partial charge >= 0.3 is 19.4 Å². The van der Waals surface area contributed by atoms with Gasteiger partial charge in [-0.25, -0.2) is 31.3 Å². The lowest BCUT2D eigenvalue weighted by Gasteiger charge is -2.41. The standard InChI is InChI=1S/C49H57N9O13P2S2Si/c1-49(2,3)76(5,6)71-40-39-36(68-47(40)57-25-33-18-13-20-56(41-37(33)42(57)52-28-51-41)44(59)31-14-9-7-10-15-31)27-66-73(75,64-22-19-50-4)69-35-24-34(26-65-72(62,74)70-39)67-46(35)58-30-53-38-43(58)54-29-55(45(38)60)21-23-63-48(61)32-16-11-8-12-17-32/h7-12,14-17,25,28-30,34-36,39-40,46-47H,13,18-24,26-27H2,1-3,5-6H3,(H,62,74)/t34-,35+,36+,39+,40+,46+,47+,72?,73?/m0/s1. The molecule has 4 aromatic heterocycles. The highest BCUT2D eigenvalue weighted by atomic mass is 32.5. The summed E-state index contributed by atoms with van der Waals surface area (Å²) in [5.74, 6) is -0.257. The maximum absolute atomic E-state index is 14.1. The largest absolute Gasteiger partial charge is 0.460 e. The number of ether oxygens (including phenoxy) is 3. The van der Waals surface area contributed by atoms with Crippen LogP contribution in [0, 0.1) is 6.57 Å². The van der Waals surface area contributed by atoms with Gasteiger partial charge in [0.2, 0.25) is 6.54 Å². The summed E-state index contributed by atoms with van der Waals surface area (Å²) in [4.78, 5) is 76.0. The van der Waals surface area contributed by atoms with Crippen molar-refractivity contribution in [1.29, 1.82) is 0 Å². The van der Waals surface area contributed by atoms with Crippen molar-refractivity contribution in [3.05, 3.63) is 124 Å². The van der Waals surface area contributed by atoms with Crippen molar-refractivity contribution in [2.24, 2.45) is 0 Å². The fourth-order valence-corrected chi connectivity index (χ4v) is 14.2. The van der Waals surface area contributed by atoms with Crippen molar-refractivity contribution in [3.63, 3.8) is 0 Å². The molecule has 0 saturated carbocycles. The first-order valence-corrected chi connectivity index (χ1v) is 32.8. The van der Waals surface area contributed by atoms with Gasteiger partial charge in [0.1, 0.15) is 61.7 Å². The van der Waals surface area contributed by atoms with Crippen molar-refractivity contribution >= 4 is 85.3 Å². The molecule has 6 aromatic rings. The molecule has 2 aromatic carbocycles. The van der Waals surface area contributed by atoms with Crippen molar-refractivity contribution in [1.82, 2.24) is 33.6 Å². The van der Waals surface area contributed by atoms with Gasteiger partial charge in [0.25, 0.3) is 11.5 Å². The Morgan fingerprint density at radius 2 is 1.64 bits per heavy atom. The summed E-state index contributed by atoms with van der Waals surface area (Å²) in [5.41, 5.74) is 1.95.